The largest absolute Gasteiger partial charge is 0.490 e. The molecule has 5 nitrogen and oxygen atoms in total. The second-order valence-electron chi connectivity index (χ2n) is 5.22. The SMILES string of the molecule is C=CCN1C(=O)N/C(=C/c2ccc(OC(C)CC)c(Br)c2)C1=O. The smallest absolute Gasteiger partial charge is 0.329 e. The molecule has 122 valence electrons. The molecule has 0 aromatic heterocycles. The van der Waals surface area contributed by atoms with Gasteiger partial charge in [0.2, 0.25) is 0 Å². The van der Waals surface area contributed by atoms with Gasteiger partial charge in [-0.25, -0.2) is 4.79 Å². The average Bonchev–Trinajstić information content (AvgIpc) is 2.78. The molecule has 23 heavy (non-hydrogen) atoms. The molecule has 1 aromatic carbocycles. The number of amides is 3. The summed E-state index contributed by atoms with van der Waals surface area (Å²) in [7, 11) is 0. The zero-order chi connectivity index (χ0) is 17.0. The Kier molecular flexibility index (Phi) is 5.60. The summed E-state index contributed by atoms with van der Waals surface area (Å²) in [6, 6.07) is 5.09. The van der Waals surface area contributed by atoms with Gasteiger partial charge in [-0.15, -0.1) is 6.58 Å². The van der Waals surface area contributed by atoms with Crippen LogP contribution in [0.1, 0.15) is 25.8 Å². The third-order valence-corrected chi connectivity index (χ3v) is 4.06. The third-order valence-electron chi connectivity index (χ3n) is 3.44. The number of imide groups is 1. The predicted octanol–water partition coefficient (Wildman–Crippen LogP) is 3.71. The van der Waals surface area contributed by atoms with Gasteiger partial charge < -0.3 is 10.1 Å². The highest BCUT2D eigenvalue weighted by atomic mass is 79.9. The van der Waals surface area contributed by atoms with E-state index in [1.807, 2.05) is 25.1 Å². The lowest BCUT2D eigenvalue weighted by molar-refractivity contribution is -0.122. The van der Waals surface area contributed by atoms with E-state index in [4.69, 9.17) is 4.74 Å². The minimum absolute atomic E-state index is 0.124. The van der Waals surface area contributed by atoms with E-state index >= 15 is 0 Å². The van der Waals surface area contributed by atoms with Gasteiger partial charge in [-0.3, -0.25) is 9.69 Å². The fourth-order valence-electron chi connectivity index (χ4n) is 2.04. The number of hydrogen-bond donors (Lipinski definition) is 1. The van der Waals surface area contributed by atoms with Crippen LogP contribution in [0.4, 0.5) is 4.79 Å². The minimum Gasteiger partial charge on any atom is -0.490 e. The average molecular weight is 379 g/mol. The van der Waals surface area contributed by atoms with E-state index in [0.717, 1.165) is 27.1 Å². The molecule has 1 aliphatic rings. The molecule has 1 fully saturated rings. The predicted molar refractivity (Wildman–Crippen MR) is 92.9 cm³/mol. The summed E-state index contributed by atoms with van der Waals surface area (Å²) in [5, 5.41) is 2.57. The van der Waals surface area contributed by atoms with E-state index in [1.54, 1.807) is 6.08 Å². The molecular formula is C17H19BrN2O3. The molecule has 2 rings (SSSR count). The summed E-state index contributed by atoms with van der Waals surface area (Å²) in [6.45, 7) is 7.79. The molecule has 6 heteroatoms. The van der Waals surface area contributed by atoms with Crippen LogP contribution in [0.25, 0.3) is 6.08 Å². The highest BCUT2D eigenvalue weighted by Gasteiger charge is 2.32. The number of nitrogens with zero attached hydrogens (tertiary/aromatic N) is 1. The van der Waals surface area contributed by atoms with Gasteiger partial charge in [0.1, 0.15) is 11.4 Å². The Morgan fingerprint density at radius 3 is 2.78 bits per heavy atom. The number of carbonyl (C=O) groups is 2. The molecule has 1 saturated heterocycles. The van der Waals surface area contributed by atoms with Crippen molar-refractivity contribution in [2.75, 3.05) is 6.54 Å². The van der Waals surface area contributed by atoms with E-state index in [9.17, 15) is 9.59 Å². The van der Waals surface area contributed by atoms with E-state index in [0.29, 0.717) is 0 Å². The maximum Gasteiger partial charge on any atom is 0.329 e. The van der Waals surface area contributed by atoms with Gasteiger partial charge in [0.15, 0.2) is 0 Å². The van der Waals surface area contributed by atoms with E-state index in [1.165, 1.54) is 6.08 Å². The molecule has 1 heterocycles. The van der Waals surface area contributed by atoms with Crippen molar-refractivity contribution < 1.29 is 14.3 Å². The van der Waals surface area contributed by atoms with Gasteiger partial charge in [0.25, 0.3) is 5.91 Å². The van der Waals surface area contributed by atoms with Crippen molar-refractivity contribution in [3.63, 3.8) is 0 Å². The molecule has 0 saturated carbocycles. The second-order valence-corrected chi connectivity index (χ2v) is 6.07. The Balaban J connectivity index is 2.20. The van der Waals surface area contributed by atoms with Crippen LogP contribution in [0.3, 0.4) is 0 Å². The molecule has 0 aliphatic carbocycles. The van der Waals surface area contributed by atoms with Crippen molar-refractivity contribution >= 4 is 33.9 Å². The zero-order valence-electron chi connectivity index (χ0n) is 13.1. The van der Waals surface area contributed by atoms with Crippen LogP contribution in [-0.2, 0) is 4.79 Å². The number of carbonyl (C=O) groups excluding carboxylic acids is 2. The Morgan fingerprint density at radius 1 is 1.43 bits per heavy atom. The summed E-state index contributed by atoms with van der Waals surface area (Å²) in [6.07, 6.45) is 4.19. The summed E-state index contributed by atoms with van der Waals surface area (Å²) in [4.78, 5) is 25.0. The topological polar surface area (TPSA) is 58.6 Å². The Bertz CT molecular complexity index is 670. The lowest BCUT2D eigenvalue weighted by Gasteiger charge is -2.14. The standard InChI is InChI=1S/C17H19BrN2O3/c1-4-8-20-16(21)14(19-17(20)22)10-12-6-7-15(13(18)9-12)23-11(3)5-2/h4,6-7,9-11H,1,5,8H2,2-3H3,(H,19,22)/b14-10+. The van der Waals surface area contributed by atoms with Crippen LogP contribution in [-0.4, -0.2) is 29.5 Å². The van der Waals surface area contributed by atoms with Gasteiger partial charge in [0.05, 0.1) is 10.6 Å². The van der Waals surface area contributed by atoms with Crippen molar-refractivity contribution in [1.29, 1.82) is 0 Å². The first-order chi connectivity index (χ1) is 11.0. The van der Waals surface area contributed by atoms with Gasteiger partial charge in [-0.05, 0) is 53.0 Å². The summed E-state index contributed by atoms with van der Waals surface area (Å²) >= 11 is 3.47. The quantitative estimate of drug-likeness (QED) is 0.466. The number of benzene rings is 1. The highest BCUT2D eigenvalue weighted by molar-refractivity contribution is 9.10. The summed E-state index contributed by atoms with van der Waals surface area (Å²) in [5.41, 5.74) is 1.04. The summed E-state index contributed by atoms with van der Waals surface area (Å²) in [5.74, 6) is 0.391. The fourth-order valence-corrected chi connectivity index (χ4v) is 2.53. The number of rotatable bonds is 6. The first-order valence-electron chi connectivity index (χ1n) is 7.38. The minimum atomic E-state index is -0.433. The first-order valence-corrected chi connectivity index (χ1v) is 8.17. The van der Waals surface area contributed by atoms with Crippen LogP contribution >= 0.6 is 15.9 Å². The molecule has 0 bridgehead atoms. The molecule has 1 atom stereocenters. The maximum absolute atomic E-state index is 12.1. The van der Waals surface area contributed by atoms with Crippen molar-refractivity contribution in [1.82, 2.24) is 10.2 Å². The Morgan fingerprint density at radius 2 is 2.17 bits per heavy atom. The molecule has 1 aromatic rings. The maximum atomic E-state index is 12.1. The van der Waals surface area contributed by atoms with Crippen LogP contribution < -0.4 is 10.1 Å². The zero-order valence-corrected chi connectivity index (χ0v) is 14.7. The van der Waals surface area contributed by atoms with Crippen LogP contribution in [0, 0.1) is 0 Å². The summed E-state index contributed by atoms with van der Waals surface area (Å²) < 4.78 is 6.58. The fraction of sp³-hybridized carbons (Fsp3) is 0.294. The van der Waals surface area contributed by atoms with Crippen LogP contribution in [0.2, 0.25) is 0 Å². The van der Waals surface area contributed by atoms with Crippen LogP contribution in [0.5, 0.6) is 5.75 Å². The molecule has 3 amide bonds. The number of halogens is 1. The molecule has 1 N–H and O–H groups in total. The number of ether oxygens (including phenoxy) is 1. The Labute approximate surface area is 144 Å². The second kappa shape index (κ2) is 7.46. The molecule has 0 spiro atoms. The number of urea groups is 1. The first kappa shape index (κ1) is 17.3. The molecule has 0 radical (unpaired) electrons. The van der Waals surface area contributed by atoms with Gasteiger partial charge in [0, 0.05) is 6.54 Å². The highest BCUT2D eigenvalue weighted by Crippen LogP contribution is 2.28. The third kappa shape index (κ3) is 4.01. The van der Waals surface area contributed by atoms with Crippen LogP contribution in [0.15, 0.2) is 41.0 Å². The van der Waals surface area contributed by atoms with Crippen molar-refractivity contribution in [2.24, 2.45) is 0 Å². The van der Waals surface area contributed by atoms with E-state index in [2.05, 4.69) is 34.7 Å². The number of hydrogen-bond acceptors (Lipinski definition) is 3. The normalized spacial score (nSPS) is 17.3. The van der Waals surface area contributed by atoms with Gasteiger partial charge in [-0.1, -0.05) is 19.1 Å². The number of nitrogens with one attached hydrogen (secondary N) is 1. The van der Waals surface area contributed by atoms with Crippen molar-refractivity contribution in [3.8, 4) is 5.75 Å². The van der Waals surface area contributed by atoms with Crippen molar-refractivity contribution in [2.45, 2.75) is 26.4 Å². The molecule has 1 aliphatic heterocycles. The van der Waals surface area contributed by atoms with Crippen molar-refractivity contribution in [3.05, 3.63) is 46.6 Å². The van der Waals surface area contributed by atoms with E-state index in [-0.39, 0.29) is 24.3 Å². The Hall–Kier alpha value is -2.08. The van der Waals surface area contributed by atoms with Gasteiger partial charge >= 0.3 is 6.03 Å². The lowest BCUT2D eigenvalue weighted by atomic mass is 10.2. The molecular weight excluding hydrogens is 360 g/mol. The lowest BCUT2D eigenvalue weighted by Crippen LogP contribution is -2.30. The van der Waals surface area contributed by atoms with Gasteiger partial charge in [-0.2, -0.15) is 0 Å². The van der Waals surface area contributed by atoms with E-state index < -0.39 is 6.03 Å². The monoisotopic (exact) mass is 378 g/mol. The molecule has 1 unspecified atom stereocenters.